The van der Waals surface area contributed by atoms with E-state index in [1.54, 1.807) is 30.3 Å². The van der Waals surface area contributed by atoms with E-state index in [9.17, 15) is 9.90 Å². The summed E-state index contributed by atoms with van der Waals surface area (Å²) in [6.07, 6.45) is 0.394. The fourth-order valence-corrected chi connectivity index (χ4v) is 2.74. The van der Waals surface area contributed by atoms with Gasteiger partial charge in [0, 0.05) is 12.0 Å². The molecule has 1 aliphatic heterocycles. The van der Waals surface area contributed by atoms with Gasteiger partial charge >= 0.3 is 5.97 Å². The predicted octanol–water partition coefficient (Wildman–Crippen LogP) is 3.51. The number of fused-ring (bicyclic) bond motifs is 1. The Labute approximate surface area is 126 Å². The van der Waals surface area contributed by atoms with Gasteiger partial charge in [-0.2, -0.15) is 0 Å². The van der Waals surface area contributed by atoms with Gasteiger partial charge in [-0.1, -0.05) is 17.7 Å². The van der Waals surface area contributed by atoms with Crippen LogP contribution >= 0.6 is 11.6 Å². The van der Waals surface area contributed by atoms with Crippen LogP contribution in [0.15, 0.2) is 36.4 Å². The Morgan fingerprint density at radius 1 is 1.33 bits per heavy atom. The highest BCUT2D eigenvalue weighted by Crippen LogP contribution is 2.40. The molecule has 4 nitrogen and oxygen atoms in total. The first-order chi connectivity index (χ1) is 10.1. The van der Waals surface area contributed by atoms with Gasteiger partial charge in [-0.05, 0) is 35.9 Å². The van der Waals surface area contributed by atoms with Gasteiger partial charge in [0.1, 0.15) is 17.6 Å². The van der Waals surface area contributed by atoms with Gasteiger partial charge in [-0.25, -0.2) is 4.79 Å². The molecule has 5 heteroatoms. The molecule has 0 aromatic heterocycles. The van der Waals surface area contributed by atoms with Gasteiger partial charge in [0.2, 0.25) is 0 Å². The Bertz CT molecular complexity index is 711. The molecule has 1 atom stereocenters. The standard InChI is InChI=1S/C16H13ClO4/c1-20-16(19)9-2-5-14-10(6-9)7-15(21-14)12-4-3-11(18)8-13(12)17/h2-6,8,15,18H,7H2,1H3. The van der Waals surface area contributed by atoms with E-state index in [0.717, 1.165) is 16.9 Å². The van der Waals surface area contributed by atoms with Gasteiger partial charge in [-0.3, -0.25) is 0 Å². The number of phenolic OH excluding ortho intramolecular Hbond substituents is 1. The second-order valence-corrected chi connectivity index (χ2v) is 5.24. The number of carbonyl (C=O) groups excluding carboxylic acids is 1. The molecular formula is C16H13ClO4. The molecule has 3 rings (SSSR count). The molecule has 2 aromatic rings. The summed E-state index contributed by atoms with van der Waals surface area (Å²) >= 11 is 6.14. The third kappa shape index (κ3) is 2.54. The Morgan fingerprint density at radius 2 is 2.14 bits per heavy atom. The van der Waals surface area contributed by atoms with Crippen LogP contribution < -0.4 is 4.74 Å². The smallest absolute Gasteiger partial charge is 0.337 e. The van der Waals surface area contributed by atoms with Crippen molar-refractivity contribution in [2.45, 2.75) is 12.5 Å². The molecule has 2 aromatic carbocycles. The Morgan fingerprint density at radius 3 is 2.86 bits per heavy atom. The molecule has 1 N–H and O–H groups in total. The summed E-state index contributed by atoms with van der Waals surface area (Å²) in [4.78, 5) is 11.5. The van der Waals surface area contributed by atoms with Crippen molar-refractivity contribution >= 4 is 17.6 Å². The first kappa shape index (κ1) is 13.8. The van der Waals surface area contributed by atoms with E-state index in [-0.39, 0.29) is 17.8 Å². The second-order valence-electron chi connectivity index (χ2n) is 4.83. The SMILES string of the molecule is COC(=O)c1ccc2c(c1)CC(c1ccc(O)cc1Cl)O2. The van der Waals surface area contributed by atoms with Crippen molar-refractivity contribution in [2.24, 2.45) is 0 Å². The third-order valence-electron chi connectivity index (χ3n) is 3.49. The monoisotopic (exact) mass is 304 g/mol. The van der Waals surface area contributed by atoms with Crippen LogP contribution in [0, 0.1) is 0 Å². The molecule has 108 valence electrons. The average Bonchev–Trinajstić information content (AvgIpc) is 2.88. The lowest BCUT2D eigenvalue weighted by molar-refractivity contribution is 0.0600. The fourth-order valence-electron chi connectivity index (χ4n) is 2.44. The molecule has 0 amide bonds. The van der Waals surface area contributed by atoms with Crippen LogP contribution in [0.2, 0.25) is 5.02 Å². The van der Waals surface area contributed by atoms with Crippen LogP contribution in [-0.2, 0) is 11.2 Å². The van der Waals surface area contributed by atoms with E-state index in [4.69, 9.17) is 21.1 Å². The van der Waals surface area contributed by atoms with E-state index >= 15 is 0 Å². The van der Waals surface area contributed by atoms with Crippen LogP contribution in [0.5, 0.6) is 11.5 Å². The highest BCUT2D eigenvalue weighted by atomic mass is 35.5. The number of hydrogen-bond donors (Lipinski definition) is 1. The lowest BCUT2D eigenvalue weighted by Gasteiger charge is -2.12. The molecule has 0 saturated heterocycles. The molecular weight excluding hydrogens is 292 g/mol. The highest BCUT2D eigenvalue weighted by Gasteiger charge is 2.27. The number of carbonyl (C=O) groups is 1. The van der Waals surface area contributed by atoms with Crippen molar-refractivity contribution in [2.75, 3.05) is 7.11 Å². The molecule has 1 aliphatic rings. The Kier molecular flexibility index (Phi) is 3.47. The third-order valence-corrected chi connectivity index (χ3v) is 3.81. The van der Waals surface area contributed by atoms with E-state index < -0.39 is 0 Å². The summed E-state index contributed by atoms with van der Waals surface area (Å²) in [7, 11) is 1.35. The van der Waals surface area contributed by atoms with Gasteiger partial charge in [-0.15, -0.1) is 0 Å². The van der Waals surface area contributed by atoms with Crippen molar-refractivity contribution in [1.82, 2.24) is 0 Å². The maximum atomic E-state index is 11.5. The number of rotatable bonds is 2. The highest BCUT2D eigenvalue weighted by molar-refractivity contribution is 6.31. The summed E-state index contributed by atoms with van der Waals surface area (Å²) in [5, 5.41) is 9.86. The van der Waals surface area contributed by atoms with Crippen molar-refractivity contribution in [3.63, 3.8) is 0 Å². The number of benzene rings is 2. The molecule has 0 fully saturated rings. The number of methoxy groups -OCH3 is 1. The van der Waals surface area contributed by atoms with E-state index in [1.165, 1.54) is 13.2 Å². The summed E-state index contributed by atoms with van der Waals surface area (Å²) < 4.78 is 10.6. The first-order valence-corrected chi connectivity index (χ1v) is 6.82. The molecule has 0 aliphatic carbocycles. The number of esters is 1. The minimum atomic E-state index is -0.371. The predicted molar refractivity (Wildman–Crippen MR) is 78.0 cm³/mol. The maximum absolute atomic E-state index is 11.5. The molecule has 0 saturated carbocycles. The van der Waals surface area contributed by atoms with Crippen LogP contribution in [0.3, 0.4) is 0 Å². The summed E-state index contributed by atoms with van der Waals surface area (Å²) in [5.74, 6) is 0.480. The normalized spacial score (nSPS) is 16.2. The largest absolute Gasteiger partial charge is 0.508 e. The zero-order valence-electron chi connectivity index (χ0n) is 11.3. The lowest BCUT2D eigenvalue weighted by Crippen LogP contribution is -2.03. The second kappa shape index (κ2) is 5.30. The molecule has 21 heavy (non-hydrogen) atoms. The number of phenols is 1. The molecule has 0 spiro atoms. The Balaban J connectivity index is 1.89. The van der Waals surface area contributed by atoms with Crippen LogP contribution in [0.1, 0.15) is 27.6 Å². The summed E-state index contributed by atoms with van der Waals surface area (Å²) in [6.45, 7) is 0. The maximum Gasteiger partial charge on any atom is 0.337 e. The van der Waals surface area contributed by atoms with Gasteiger partial charge in [0.25, 0.3) is 0 Å². The number of aromatic hydroxyl groups is 1. The van der Waals surface area contributed by atoms with Crippen LogP contribution in [0.4, 0.5) is 0 Å². The number of halogens is 1. The zero-order valence-corrected chi connectivity index (χ0v) is 12.1. The van der Waals surface area contributed by atoms with Gasteiger partial charge < -0.3 is 14.6 Å². The molecule has 0 radical (unpaired) electrons. The van der Waals surface area contributed by atoms with Crippen molar-refractivity contribution in [1.29, 1.82) is 0 Å². The first-order valence-electron chi connectivity index (χ1n) is 6.45. The molecule has 0 bridgehead atoms. The number of hydrogen-bond acceptors (Lipinski definition) is 4. The summed E-state index contributed by atoms with van der Waals surface area (Å²) in [5.41, 5.74) is 2.25. The Hall–Kier alpha value is -2.20. The average molecular weight is 305 g/mol. The zero-order chi connectivity index (χ0) is 15.0. The quantitative estimate of drug-likeness (QED) is 0.863. The van der Waals surface area contributed by atoms with Gasteiger partial charge in [0.15, 0.2) is 0 Å². The van der Waals surface area contributed by atoms with Crippen LogP contribution in [-0.4, -0.2) is 18.2 Å². The molecule has 1 heterocycles. The van der Waals surface area contributed by atoms with E-state index in [2.05, 4.69) is 0 Å². The van der Waals surface area contributed by atoms with Gasteiger partial charge in [0.05, 0.1) is 17.7 Å². The topological polar surface area (TPSA) is 55.8 Å². The minimum absolute atomic E-state index is 0.118. The van der Waals surface area contributed by atoms with Crippen LogP contribution in [0.25, 0.3) is 0 Å². The van der Waals surface area contributed by atoms with Crippen molar-refractivity contribution in [3.05, 3.63) is 58.1 Å². The van der Waals surface area contributed by atoms with E-state index in [0.29, 0.717) is 17.0 Å². The summed E-state index contributed by atoms with van der Waals surface area (Å²) in [6, 6.07) is 10.0. The lowest BCUT2D eigenvalue weighted by atomic mass is 10.0. The fraction of sp³-hybridized carbons (Fsp3) is 0.188. The number of ether oxygens (including phenoxy) is 2. The minimum Gasteiger partial charge on any atom is -0.508 e. The molecule has 1 unspecified atom stereocenters. The van der Waals surface area contributed by atoms with Crippen molar-refractivity contribution < 1.29 is 19.4 Å². The van der Waals surface area contributed by atoms with E-state index in [1.807, 2.05) is 0 Å². The van der Waals surface area contributed by atoms with Crippen molar-refractivity contribution in [3.8, 4) is 11.5 Å².